The van der Waals surface area contributed by atoms with Crippen LogP contribution >= 0.6 is 0 Å². The van der Waals surface area contributed by atoms with Crippen molar-refractivity contribution in [3.63, 3.8) is 0 Å². The molecule has 1 N–H and O–H groups in total. The number of hydrogen-bond donors (Lipinski definition) is 1. The van der Waals surface area contributed by atoms with Gasteiger partial charge in [-0.05, 0) is 31.9 Å². The molecule has 1 aromatic carbocycles. The van der Waals surface area contributed by atoms with Gasteiger partial charge in [-0.3, -0.25) is 0 Å². The van der Waals surface area contributed by atoms with Crippen molar-refractivity contribution in [2.24, 2.45) is 0 Å². The van der Waals surface area contributed by atoms with Crippen molar-refractivity contribution in [3.8, 4) is 0 Å². The van der Waals surface area contributed by atoms with E-state index in [1.54, 1.807) is 0 Å². The molecule has 0 bridgehead atoms. The number of aryl methyl sites for hydroxylation is 1. The highest BCUT2D eigenvalue weighted by molar-refractivity contribution is 5.22. The summed E-state index contributed by atoms with van der Waals surface area (Å²) in [5, 5.41) is 3.48. The summed E-state index contributed by atoms with van der Waals surface area (Å²) in [4.78, 5) is 0. The summed E-state index contributed by atoms with van der Waals surface area (Å²) in [6.07, 6.45) is 2.13. The van der Waals surface area contributed by atoms with Gasteiger partial charge in [0, 0.05) is 12.6 Å². The lowest BCUT2D eigenvalue weighted by Crippen LogP contribution is -2.35. The van der Waals surface area contributed by atoms with Crippen molar-refractivity contribution in [3.05, 3.63) is 35.4 Å². The van der Waals surface area contributed by atoms with Crippen LogP contribution in [-0.2, 0) is 11.2 Å². The van der Waals surface area contributed by atoms with E-state index in [0.717, 1.165) is 32.6 Å². The van der Waals surface area contributed by atoms with Crippen LogP contribution < -0.4 is 5.32 Å². The van der Waals surface area contributed by atoms with Gasteiger partial charge in [-0.1, -0.05) is 43.7 Å². The van der Waals surface area contributed by atoms with Crippen molar-refractivity contribution in [1.82, 2.24) is 5.32 Å². The molecule has 0 aliphatic heterocycles. The van der Waals surface area contributed by atoms with Gasteiger partial charge in [0.25, 0.3) is 0 Å². The lowest BCUT2D eigenvalue weighted by Gasteiger charge is -2.18. The Bertz CT molecular complexity index is 294. The van der Waals surface area contributed by atoms with Crippen LogP contribution in [0.1, 0.15) is 31.4 Å². The summed E-state index contributed by atoms with van der Waals surface area (Å²) in [6.45, 7) is 9.05. The Kier molecular flexibility index (Phi) is 6.90. The smallest absolute Gasteiger partial charge is 0.0622 e. The first-order valence-corrected chi connectivity index (χ1v) is 6.63. The van der Waals surface area contributed by atoms with Gasteiger partial charge in [0.1, 0.15) is 0 Å². The third-order valence-electron chi connectivity index (χ3n) is 2.76. The van der Waals surface area contributed by atoms with E-state index in [0.29, 0.717) is 6.04 Å². The first-order valence-electron chi connectivity index (χ1n) is 6.63. The van der Waals surface area contributed by atoms with Gasteiger partial charge in [0.15, 0.2) is 0 Å². The minimum atomic E-state index is 0.425. The molecule has 0 saturated heterocycles. The van der Waals surface area contributed by atoms with Crippen molar-refractivity contribution in [2.45, 2.75) is 39.7 Å². The summed E-state index contributed by atoms with van der Waals surface area (Å²) in [7, 11) is 0. The summed E-state index contributed by atoms with van der Waals surface area (Å²) < 4.78 is 5.63. The van der Waals surface area contributed by atoms with Crippen molar-refractivity contribution in [1.29, 1.82) is 0 Å². The molecule has 0 amide bonds. The standard InChI is InChI=1S/C15H25NO/c1-4-10-17-12-15(16-5-2)11-14-8-6-13(3)7-9-14/h6-9,15-16H,4-5,10-12H2,1-3H3. The third kappa shape index (κ3) is 5.85. The molecule has 0 fully saturated rings. The maximum atomic E-state index is 5.63. The molecule has 1 unspecified atom stereocenters. The summed E-state index contributed by atoms with van der Waals surface area (Å²) in [5.41, 5.74) is 2.69. The Balaban J connectivity index is 2.44. The number of hydrogen-bond acceptors (Lipinski definition) is 2. The highest BCUT2D eigenvalue weighted by atomic mass is 16.5. The predicted molar refractivity (Wildman–Crippen MR) is 73.5 cm³/mol. The molecule has 96 valence electrons. The lowest BCUT2D eigenvalue weighted by atomic mass is 10.0. The van der Waals surface area contributed by atoms with Gasteiger partial charge < -0.3 is 10.1 Å². The number of rotatable bonds is 8. The Morgan fingerprint density at radius 2 is 1.88 bits per heavy atom. The molecule has 0 aliphatic rings. The average molecular weight is 235 g/mol. The Hall–Kier alpha value is -0.860. The Morgan fingerprint density at radius 3 is 2.47 bits per heavy atom. The zero-order valence-electron chi connectivity index (χ0n) is 11.3. The second-order valence-corrected chi connectivity index (χ2v) is 4.52. The van der Waals surface area contributed by atoms with Crippen LogP contribution in [-0.4, -0.2) is 25.8 Å². The highest BCUT2D eigenvalue weighted by Gasteiger charge is 2.08. The highest BCUT2D eigenvalue weighted by Crippen LogP contribution is 2.06. The lowest BCUT2D eigenvalue weighted by molar-refractivity contribution is 0.112. The van der Waals surface area contributed by atoms with Gasteiger partial charge >= 0.3 is 0 Å². The van der Waals surface area contributed by atoms with E-state index in [1.807, 2.05) is 0 Å². The van der Waals surface area contributed by atoms with Crippen molar-refractivity contribution in [2.75, 3.05) is 19.8 Å². The van der Waals surface area contributed by atoms with Crippen LogP contribution in [0.5, 0.6) is 0 Å². The van der Waals surface area contributed by atoms with E-state index in [-0.39, 0.29) is 0 Å². The second kappa shape index (κ2) is 8.26. The molecule has 0 heterocycles. The van der Waals surface area contributed by atoms with Crippen molar-refractivity contribution < 1.29 is 4.74 Å². The molecule has 2 heteroatoms. The summed E-state index contributed by atoms with van der Waals surface area (Å²) in [6, 6.07) is 9.18. The van der Waals surface area contributed by atoms with E-state index < -0.39 is 0 Å². The molecule has 0 spiro atoms. The Morgan fingerprint density at radius 1 is 1.18 bits per heavy atom. The monoisotopic (exact) mass is 235 g/mol. The maximum absolute atomic E-state index is 5.63. The molecular formula is C15H25NO. The van der Waals surface area contributed by atoms with Gasteiger partial charge in [-0.25, -0.2) is 0 Å². The molecule has 1 rings (SSSR count). The number of ether oxygens (including phenoxy) is 1. The second-order valence-electron chi connectivity index (χ2n) is 4.52. The molecule has 17 heavy (non-hydrogen) atoms. The van der Waals surface area contributed by atoms with E-state index in [9.17, 15) is 0 Å². The Labute approximate surface area is 105 Å². The first kappa shape index (κ1) is 14.2. The molecule has 0 aromatic heterocycles. The SMILES string of the molecule is CCCOCC(Cc1ccc(C)cc1)NCC. The van der Waals surface area contributed by atoms with Gasteiger partial charge in [0.2, 0.25) is 0 Å². The molecule has 1 atom stereocenters. The largest absolute Gasteiger partial charge is 0.380 e. The number of likely N-dealkylation sites (N-methyl/N-ethyl adjacent to an activating group) is 1. The van der Waals surface area contributed by atoms with Gasteiger partial charge in [0.05, 0.1) is 6.61 Å². The zero-order valence-corrected chi connectivity index (χ0v) is 11.3. The van der Waals surface area contributed by atoms with E-state index in [1.165, 1.54) is 11.1 Å². The van der Waals surface area contributed by atoms with Gasteiger partial charge in [-0.15, -0.1) is 0 Å². The van der Waals surface area contributed by atoms with Crippen molar-refractivity contribution >= 4 is 0 Å². The third-order valence-corrected chi connectivity index (χ3v) is 2.76. The molecule has 0 radical (unpaired) electrons. The van der Waals surface area contributed by atoms with Crippen LogP contribution in [0.2, 0.25) is 0 Å². The normalized spacial score (nSPS) is 12.6. The fourth-order valence-electron chi connectivity index (χ4n) is 1.86. The minimum absolute atomic E-state index is 0.425. The van der Waals surface area contributed by atoms with Crippen LogP contribution in [0.4, 0.5) is 0 Å². The molecule has 1 aromatic rings. The minimum Gasteiger partial charge on any atom is -0.380 e. The number of benzene rings is 1. The van der Waals surface area contributed by atoms with E-state index in [2.05, 4.69) is 50.4 Å². The zero-order chi connectivity index (χ0) is 12.5. The topological polar surface area (TPSA) is 21.3 Å². The quantitative estimate of drug-likeness (QED) is 0.700. The van der Waals surface area contributed by atoms with Crippen LogP contribution in [0.15, 0.2) is 24.3 Å². The van der Waals surface area contributed by atoms with E-state index >= 15 is 0 Å². The number of nitrogens with one attached hydrogen (secondary N) is 1. The van der Waals surface area contributed by atoms with Crippen LogP contribution in [0, 0.1) is 6.92 Å². The molecule has 2 nitrogen and oxygen atoms in total. The molecular weight excluding hydrogens is 210 g/mol. The fraction of sp³-hybridized carbons (Fsp3) is 0.600. The fourth-order valence-corrected chi connectivity index (χ4v) is 1.86. The van der Waals surface area contributed by atoms with Gasteiger partial charge in [-0.2, -0.15) is 0 Å². The molecule has 0 aliphatic carbocycles. The predicted octanol–water partition coefficient (Wildman–Crippen LogP) is 2.94. The van der Waals surface area contributed by atoms with E-state index in [4.69, 9.17) is 4.74 Å². The molecule has 0 saturated carbocycles. The average Bonchev–Trinajstić information content (AvgIpc) is 2.32. The summed E-state index contributed by atoms with van der Waals surface area (Å²) in [5.74, 6) is 0. The first-order chi connectivity index (χ1) is 8.26. The maximum Gasteiger partial charge on any atom is 0.0622 e. The van der Waals surface area contributed by atoms with Crippen LogP contribution in [0.3, 0.4) is 0 Å². The summed E-state index contributed by atoms with van der Waals surface area (Å²) >= 11 is 0. The van der Waals surface area contributed by atoms with Crippen LogP contribution in [0.25, 0.3) is 0 Å².